The van der Waals surface area contributed by atoms with Gasteiger partial charge in [-0.05, 0) is 55.3 Å². The summed E-state index contributed by atoms with van der Waals surface area (Å²) in [6.07, 6.45) is 4.53. The van der Waals surface area contributed by atoms with E-state index in [0.717, 1.165) is 24.6 Å². The van der Waals surface area contributed by atoms with Crippen molar-refractivity contribution in [2.24, 2.45) is 4.99 Å². The van der Waals surface area contributed by atoms with E-state index in [9.17, 15) is 4.79 Å². The zero-order valence-corrected chi connectivity index (χ0v) is 18.5. The van der Waals surface area contributed by atoms with E-state index in [1.54, 1.807) is 31.5 Å². The molecule has 1 heterocycles. The minimum Gasteiger partial charge on any atom is -0.497 e. The lowest BCUT2D eigenvalue weighted by atomic mass is 10.1. The number of nitrogens with zero attached hydrogens (tertiary/aromatic N) is 3. The monoisotopic (exact) mass is 434 g/mol. The fourth-order valence-corrected chi connectivity index (χ4v) is 3.10. The lowest BCUT2D eigenvalue weighted by Crippen LogP contribution is -2.41. The molecule has 0 fully saturated rings. The molecule has 8 nitrogen and oxygen atoms in total. The van der Waals surface area contributed by atoms with Gasteiger partial charge in [0.15, 0.2) is 5.96 Å². The van der Waals surface area contributed by atoms with Gasteiger partial charge in [0.1, 0.15) is 5.75 Å². The molecule has 1 aromatic heterocycles. The van der Waals surface area contributed by atoms with Gasteiger partial charge in [-0.3, -0.25) is 9.79 Å². The van der Waals surface area contributed by atoms with E-state index in [-0.39, 0.29) is 5.91 Å². The number of nitrogens with one attached hydrogen (secondary N) is 3. The van der Waals surface area contributed by atoms with Gasteiger partial charge in [-0.15, -0.1) is 0 Å². The maximum Gasteiger partial charge on any atom is 0.251 e. The molecule has 0 aliphatic carbocycles. The first-order valence-corrected chi connectivity index (χ1v) is 10.7. The summed E-state index contributed by atoms with van der Waals surface area (Å²) in [5.41, 5.74) is 2.82. The van der Waals surface area contributed by atoms with Crippen molar-refractivity contribution >= 4 is 11.9 Å². The summed E-state index contributed by atoms with van der Waals surface area (Å²) in [7, 11) is 1.58. The third-order valence-electron chi connectivity index (χ3n) is 4.75. The number of hydrogen-bond acceptors (Lipinski definition) is 4. The molecule has 0 saturated heterocycles. The summed E-state index contributed by atoms with van der Waals surface area (Å²) in [6.45, 7) is 4.50. The van der Waals surface area contributed by atoms with Gasteiger partial charge >= 0.3 is 0 Å². The number of aromatic nitrogens is 2. The first-order valence-electron chi connectivity index (χ1n) is 10.7. The van der Waals surface area contributed by atoms with Crippen LogP contribution in [0.1, 0.15) is 22.8 Å². The predicted molar refractivity (Wildman–Crippen MR) is 127 cm³/mol. The summed E-state index contributed by atoms with van der Waals surface area (Å²) in [5.74, 6) is 1.26. The Morgan fingerprint density at radius 3 is 2.59 bits per heavy atom. The topological polar surface area (TPSA) is 92.6 Å². The molecule has 32 heavy (non-hydrogen) atoms. The van der Waals surface area contributed by atoms with Crippen molar-refractivity contribution in [2.45, 2.75) is 13.3 Å². The molecule has 3 aromatic rings. The second-order valence-electron chi connectivity index (χ2n) is 7.04. The number of carbonyl (C=O) groups excluding carboxylic acids is 1. The van der Waals surface area contributed by atoms with Crippen molar-refractivity contribution in [2.75, 3.05) is 33.3 Å². The van der Waals surface area contributed by atoms with Crippen LogP contribution in [0.15, 0.2) is 72.0 Å². The molecule has 0 aliphatic heterocycles. The van der Waals surface area contributed by atoms with Crippen LogP contribution >= 0.6 is 0 Å². The summed E-state index contributed by atoms with van der Waals surface area (Å²) < 4.78 is 7.00. The van der Waals surface area contributed by atoms with Crippen molar-refractivity contribution in [1.29, 1.82) is 0 Å². The lowest BCUT2D eigenvalue weighted by Gasteiger charge is -2.12. The Morgan fingerprint density at radius 2 is 1.88 bits per heavy atom. The Hall–Kier alpha value is -3.81. The van der Waals surface area contributed by atoms with E-state index >= 15 is 0 Å². The van der Waals surface area contributed by atoms with Crippen LogP contribution in [0.5, 0.6) is 5.75 Å². The maximum atomic E-state index is 12.3. The summed E-state index contributed by atoms with van der Waals surface area (Å²) >= 11 is 0. The number of aliphatic imine (C=N–C) groups is 1. The van der Waals surface area contributed by atoms with Crippen LogP contribution in [0, 0.1) is 0 Å². The van der Waals surface area contributed by atoms with Crippen LogP contribution in [-0.4, -0.2) is 54.9 Å². The minimum atomic E-state index is -0.133. The fourth-order valence-electron chi connectivity index (χ4n) is 3.10. The first kappa shape index (κ1) is 22.9. The summed E-state index contributed by atoms with van der Waals surface area (Å²) in [6, 6.07) is 17.3. The van der Waals surface area contributed by atoms with E-state index in [4.69, 9.17) is 4.74 Å². The third kappa shape index (κ3) is 6.87. The maximum absolute atomic E-state index is 12.3. The summed E-state index contributed by atoms with van der Waals surface area (Å²) in [4.78, 5) is 16.9. The first-order chi connectivity index (χ1) is 15.7. The van der Waals surface area contributed by atoms with Crippen LogP contribution in [0.4, 0.5) is 0 Å². The number of benzene rings is 2. The van der Waals surface area contributed by atoms with Gasteiger partial charge in [0.05, 0.1) is 12.8 Å². The van der Waals surface area contributed by atoms with Crippen molar-refractivity contribution in [3.63, 3.8) is 0 Å². The molecule has 168 valence electrons. The van der Waals surface area contributed by atoms with Gasteiger partial charge in [0, 0.05) is 44.1 Å². The van der Waals surface area contributed by atoms with Crippen molar-refractivity contribution < 1.29 is 9.53 Å². The number of carbonyl (C=O) groups is 1. The molecule has 0 atom stereocenters. The van der Waals surface area contributed by atoms with E-state index in [1.165, 1.54) is 5.56 Å². The lowest BCUT2D eigenvalue weighted by molar-refractivity contribution is 0.0954. The molecular formula is C24H30N6O2. The molecule has 0 aliphatic rings. The second kappa shape index (κ2) is 12.1. The Morgan fingerprint density at radius 1 is 1.06 bits per heavy atom. The van der Waals surface area contributed by atoms with Crippen molar-refractivity contribution in [3.05, 3.63) is 78.1 Å². The number of ether oxygens (including phenoxy) is 1. The quantitative estimate of drug-likeness (QED) is 0.259. The third-order valence-corrected chi connectivity index (χ3v) is 4.75. The van der Waals surface area contributed by atoms with Gasteiger partial charge in [-0.2, -0.15) is 5.10 Å². The highest BCUT2D eigenvalue weighted by atomic mass is 16.5. The molecule has 1 amide bonds. The van der Waals surface area contributed by atoms with Gasteiger partial charge in [0.25, 0.3) is 5.91 Å². The predicted octanol–water partition coefficient (Wildman–Crippen LogP) is 2.41. The minimum absolute atomic E-state index is 0.133. The molecule has 0 bridgehead atoms. The van der Waals surface area contributed by atoms with Crippen LogP contribution in [-0.2, 0) is 6.42 Å². The highest BCUT2D eigenvalue weighted by molar-refractivity contribution is 5.94. The zero-order chi connectivity index (χ0) is 22.6. The van der Waals surface area contributed by atoms with E-state index in [1.807, 2.05) is 29.9 Å². The number of guanidine groups is 1. The Labute approximate surface area is 188 Å². The van der Waals surface area contributed by atoms with Crippen molar-refractivity contribution in [3.8, 4) is 11.4 Å². The highest BCUT2D eigenvalue weighted by Crippen LogP contribution is 2.12. The summed E-state index contributed by atoms with van der Waals surface area (Å²) in [5, 5.41) is 13.6. The Balaban J connectivity index is 1.42. The van der Waals surface area contributed by atoms with Crippen LogP contribution in [0.2, 0.25) is 0 Å². The molecule has 3 N–H and O–H groups in total. The number of amides is 1. The molecule has 3 rings (SSSR count). The Bertz CT molecular complexity index is 1000. The largest absolute Gasteiger partial charge is 0.497 e. The SMILES string of the molecule is CCNC(=NCCc1ccc(-n2cccn2)cc1)NCCNC(=O)c1cccc(OC)c1. The van der Waals surface area contributed by atoms with E-state index in [0.29, 0.717) is 30.9 Å². The molecule has 2 aromatic carbocycles. The van der Waals surface area contributed by atoms with E-state index in [2.05, 4.69) is 50.3 Å². The van der Waals surface area contributed by atoms with Gasteiger partial charge < -0.3 is 20.7 Å². The molecule has 8 heteroatoms. The van der Waals surface area contributed by atoms with E-state index < -0.39 is 0 Å². The highest BCUT2D eigenvalue weighted by Gasteiger charge is 2.06. The molecule has 0 unspecified atom stereocenters. The molecule has 0 spiro atoms. The standard InChI is InChI=1S/C24H30N6O2/c1-3-25-24(28-16-15-26-23(31)20-6-4-7-22(18-20)32-2)27-14-12-19-8-10-21(11-9-19)30-17-5-13-29-30/h4-11,13,17-18H,3,12,14-16H2,1-2H3,(H,26,31)(H2,25,27,28). The smallest absolute Gasteiger partial charge is 0.251 e. The Kier molecular flexibility index (Phi) is 8.68. The number of methoxy groups -OCH3 is 1. The normalized spacial score (nSPS) is 11.1. The fraction of sp³-hybridized carbons (Fsp3) is 0.292. The van der Waals surface area contributed by atoms with Gasteiger partial charge in [-0.1, -0.05) is 18.2 Å². The molecule has 0 saturated carbocycles. The van der Waals surface area contributed by atoms with Gasteiger partial charge in [-0.25, -0.2) is 4.68 Å². The van der Waals surface area contributed by atoms with Crippen molar-refractivity contribution in [1.82, 2.24) is 25.7 Å². The number of rotatable bonds is 10. The zero-order valence-electron chi connectivity index (χ0n) is 18.5. The number of hydrogen-bond donors (Lipinski definition) is 3. The van der Waals surface area contributed by atoms with Crippen LogP contribution < -0.4 is 20.7 Å². The van der Waals surface area contributed by atoms with Crippen LogP contribution in [0.3, 0.4) is 0 Å². The average molecular weight is 435 g/mol. The molecule has 0 radical (unpaired) electrons. The van der Waals surface area contributed by atoms with Gasteiger partial charge in [0.2, 0.25) is 0 Å². The second-order valence-corrected chi connectivity index (χ2v) is 7.04. The van der Waals surface area contributed by atoms with Crippen LogP contribution in [0.25, 0.3) is 5.69 Å². The molecular weight excluding hydrogens is 404 g/mol. The average Bonchev–Trinajstić information content (AvgIpc) is 3.37.